The zero-order valence-electron chi connectivity index (χ0n) is 12.1. The summed E-state index contributed by atoms with van der Waals surface area (Å²) in [6.07, 6.45) is -1.37. The van der Waals surface area contributed by atoms with Gasteiger partial charge in [0.2, 0.25) is 6.10 Å². The first-order valence-corrected chi connectivity index (χ1v) is 7.11. The summed E-state index contributed by atoms with van der Waals surface area (Å²) >= 11 is 0. The lowest BCUT2D eigenvalue weighted by molar-refractivity contribution is -0.164. The van der Waals surface area contributed by atoms with Crippen LogP contribution in [0, 0.1) is 0 Å². The lowest BCUT2D eigenvalue weighted by Crippen LogP contribution is -2.59. The van der Waals surface area contributed by atoms with Crippen molar-refractivity contribution in [3.8, 4) is 11.5 Å². The van der Waals surface area contributed by atoms with Crippen LogP contribution in [-0.2, 0) is 14.3 Å². The highest BCUT2D eigenvalue weighted by atomic mass is 16.6. The number of amides is 1. The number of nitrogens with zero attached hydrogens (tertiary/aromatic N) is 1. The Morgan fingerprint density at radius 2 is 1.91 bits per heavy atom. The molecule has 2 aliphatic rings. The van der Waals surface area contributed by atoms with E-state index in [0.717, 1.165) is 0 Å². The molecule has 22 heavy (non-hydrogen) atoms. The van der Waals surface area contributed by atoms with Crippen LogP contribution in [0.3, 0.4) is 0 Å². The predicted molar refractivity (Wildman–Crippen MR) is 74.9 cm³/mol. The molecular formula is C15H17NO6. The number of fused-ring (bicyclic) bond motifs is 1. The number of aliphatic carboxylic acids is 1. The molecule has 0 aromatic heterocycles. The maximum absolute atomic E-state index is 12.7. The second-order valence-electron chi connectivity index (χ2n) is 5.27. The summed E-state index contributed by atoms with van der Waals surface area (Å²) in [7, 11) is 0. The van der Waals surface area contributed by atoms with Crippen molar-refractivity contribution in [2.24, 2.45) is 0 Å². The van der Waals surface area contributed by atoms with Gasteiger partial charge in [0.15, 0.2) is 17.5 Å². The Kier molecular flexibility index (Phi) is 3.89. The van der Waals surface area contributed by atoms with E-state index in [4.69, 9.17) is 14.2 Å². The first-order valence-electron chi connectivity index (χ1n) is 7.11. The molecule has 1 aromatic rings. The Hall–Kier alpha value is -2.28. The van der Waals surface area contributed by atoms with Crippen LogP contribution in [0.25, 0.3) is 0 Å². The number of para-hydroxylation sites is 2. The predicted octanol–water partition coefficient (Wildman–Crippen LogP) is 0.527. The average molecular weight is 307 g/mol. The zero-order valence-corrected chi connectivity index (χ0v) is 12.1. The van der Waals surface area contributed by atoms with Gasteiger partial charge in [0.05, 0.1) is 13.2 Å². The van der Waals surface area contributed by atoms with Crippen molar-refractivity contribution in [3.05, 3.63) is 24.3 Å². The monoisotopic (exact) mass is 307 g/mol. The van der Waals surface area contributed by atoms with Gasteiger partial charge in [-0.3, -0.25) is 4.79 Å². The van der Waals surface area contributed by atoms with Crippen molar-refractivity contribution in [1.29, 1.82) is 0 Å². The fourth-order valence-electron chi connectivity index (χ4n) is 2.63. The Morgan fingerprint density at radius 1 is 1.23 bits per heavy atom. The minimum Gasteiger partial charge on any atom is -0.482 e. The number of benzene rings is 1. The fraction of sp³-hybridized carbons (Fsp3) is 0.467. The lowest BCUT2D eigenvalue weighted by atomic mass is 10.1. The molecule has 3 unspecified atom stereocenters. The van der Waals surface area contributed by atoms with E-state index in [2.05, 4.69) is 0 Å². The molecule has 0 bridgehead atoms. The standard InChI is InChI=1S/C15H17NO6/c1-9-13(22-12-5-3-2-4-11(12)21-9)14(17)16-6-7-20-8-10(16)15(18)19/h2-5,9-10,13H,6-8H2,1H3,(H,18,19). The van der Waals surface area contributed by atoms with E-state index in [1.807, 2.05) is 6.07 Å². The van der Waals surface area contributed by atoms with Crippen LogP contribution in [0.2, 0.25) is 0 Å². The third-order valence-corrected chi connectivity index (χ3v) is 3.78. The van der Waals surface area contributed by atoms with Crippen LogP contribution in [-0.4, -0.2) is 59.9 Å². The number of carboxylic acids is 1. The Bertz CT molecular complexity index is 589. The summed E-state index contributed by atoms with van der Waals surface area (Å²) in [5, 5.41) is 9.23. The molecule has 1 aromatic carbocycles. The van der Waals surface area contributed by atoms with Gasteiger partial charge >= 0.3 is 5.97 Å². The Morgan fingerprint density at radius 3 is 2.59 bits per heavy atom. The topological polar surface area (TPSA) is 85.3 Å². The van der Waals surface area contributed by atoms with Crippen molar-refractivity contribution in [2.45, 2.75) is 25.2 Å². The van der Waals surface area contributed by atoms with Crippen LogP contribution in [0.1, 0.15) is 6.92 Å². The Labute approximate surface area is 127 Å². The van der Waals surface area contributed by atoms with Crippen molar-refractivity contribution >= 4 is 11.9 Å². The number of hydrogen-bond acceptors (Lipinski definition) is 5. The molecule has 0 spiro atoms. The summed E-state index contributed by atoms with van der Waals surface area (Å²) < 4.78 is 16.6. The van der Waals surface area contributed by atoms with Gasteiger partial charge in [-0.05, 0) is 19.1 Å². The van der Waals surface area contributed by atoms with Crippen molar-refractivity contribution in [2.75, 3.05) is 19.8 Å². The molecule has 3 atom stereocenters. The van der Waals surface area contributed by atoms with Gasteiger partial charge in [-0.2, -0.15) is 0 Å². The van der Waals surface area contributed by atoms with Crippen LogP contribution in [0.4, 0.5) is 0 Å². The largest absolute Gasteiger partial charge is 0.482 e. The van der Waals surface area contributed by atoms with Gasteiger partial charge in [0, 0.05) is 6.54 Å². The number of carbonyl (C=O) groups is 2. The fourth-order valence-corrected chi connectivity index (χ4v) is 2.63. The minimum absolute atomic E-state index is 0.0143. The number of carbonyl (C=O) groups excluding carboxylic acids is 1. The van der Waals surface area contributed by atoms with Gasteiger partial charge in [-0.15, -0.1) is 0 Å². The summed E-state index contributed by atoms with van der Waals surface area (Å²) in [4.78, 5) is 25.3. The molecule has 3 rings (SSSR count). The van der Waals surface area contributed by atoms with Crippen molar-refractivity contribution < 1.29 is 28.9 Å². The summed E-state index contributed by atoms with van der Waals surface area (Å²) in [5.41, 5.74) is 0. The molecule has 7 heteroatoms. The molecule has 1 amide bonds. The molecule has 1 fully saturated rings. The summed E-state index contributed by atoms with van der Waals surface area (Å²) in [6, 6.07) is 6.10. The second-order valence-corrected chi connectivity index (χ2v) is 5.27. The highest BCUT2D eigenvalue weighted by molar-refractivity contribution is 5.87. The number of hydrogen-bond donors (Lipinski definition) is 1. The van der Waals surface area contributed by atoms with Crippen LogP contribution in [0.15, 0.2) is 24.3 Å². The van der Waals surface area contributed by atoms with Crippen molar-refractivity contribution in [1.82, 2.24) is 4.90 Å². The smallest absolute Gasteiger partial charge is 0.328 e. The van der Waals surface area contributed by atoms with Gasteiger partial charge < -0.3 is 24.2 Å². The SMILES string of the molecule is CC1Oc2ccccc2OC1C(=O)N1CCOCC1C(=O)O. The van der Waals surface area contributed by atoms with Crippen molar-refractivity contribution in [3.63, 3.8) is 0 Å². The highest BCUT2D eigenvalue weighted by Gasteiger charge is 2.41. The minimum atomic E-state index is -1.09. The zero-order chi connectivity index (χ0) is 15.7. The summed E-state index contributed by atoms with van der Waals surface area (Å²) in [6.45, 7) is 2.26. The number of carboxylic acid groups (broad SMARTS) is 1. The maximum Gasteiger partial charge on any atom is 0.328 e. The second kappa shape index (κ2) is 5.84. The van der Waals surface area contributed by atoms with Gasteiger partial charge in [0.1, 0.15) is 6.10 Å². The molecule has 2 heterocycles. The molecule has 7 nitrogen and oxygen atoms in total. The quantitative estimate of drug-likeness (QED) is 0.858. The molecular weight excluding hydrogens is 290 g/mol. The lowest BCUT2D eigenvalue weighted by Gasteiger charge is -2.38. The molecule has 118 valence electrons. The third-order valence-electron chi connectivity index (χ3n) is 3.78. The first kappa shape index (κ1) is 14.6. The van der Waals surface area contributed by atoms with Gasteiger partial charge in [0.25, 0.3) is 5.91 Å². The normalized spacial score (nSPS) is 27.3. The van der Waals surface area contributed by atoms with E-state index in [1.54, 1.807) is 25.1 Å². The van der Waals surface area contributed by atoms with E-state index < -0.39 is 30.1 Å². The third kappa shape index (κ3) is 2.59. The van der Waals surface area contributed by atoms with Gasteiger partial charge in [-0.1, -0.05) is 12.1 Å². The number of ether oxygens (including phenoxy) is 3. The van der Waals surface area contributed by atoms with Gasteiger partial charge in [-0.25, -0.2) is 4.79 Å². The van der Waals surface area contributed by atoms with E-state index in [-0.39, 0.29) is 13.2 Å². The molecule has 1 saturated heterocycles. The summed E-state index contributed by atoms with van der Waals surface area (Å²) in [5.74, 6) is -0.412. The highest BCUT2D eigenvalue weighted by Crippen LogP contribution is 2.34. The van der Waals surface area contributed by atoms with Crippen LogP contribution < -0.4 is 9.47 Å². The maximum atomic E-state index is 12.7. The molecule has 0 aliphatic carbocycles. The average Bonchev–Trinajstić information content (AvgIpc) is 2.53. The molecule has 0 saturated carbocycles. The number of rotatable bonds is 2. The Balaban J connectivity index is 1.81. The molecule has 0 radical (unpaired) electrons. The van der Waals surface area contributed by atoms with Crippen LogP contribution >= 0.6 is 0 Å². The molecule has 1 N–H and O–H groups in total. The number of morpholine rings is 1. The van der Waals surface area contributed by atoms with E-state index in [0.29, 0.717) is 18.1 Å². The van der Waals surface area contributed by atoms with E-state index in [1.165, 1.54) is 4.90 Å². The van der Waals surface area contributed by atoms with E-state index in [9.17, 15) is 14.7 Å². The first-order chi connectivity index (χ1) is 10.6. The van der Waals surface area contributed by atoms with E-state index >= 15 is 0 Å². The van der Waals surface area contributed by atoms with Crippen LogP contribution in [0.5, 0.6) is 11.5 Å². The molecule has 2 aliphatic heterocycles.